The SMILES string of the molecule is CCCNCCc1ccc(C(F)(F)F)cc1. The number of rotatable bonds is 5. The van der Waals surface area contributed by atoms with E-state index in [1.165, 1.54) is 12.1 Å². The third-order valence-corrected chi connectivity index (χ3v) is 2.30. The van der Waals surface area contributed by atoms with Crippen LogP contribution in [0.4, 0.5) is 13.2 Å². The van der Waals surface area contributed by atoms with Gasteiger partial charge in [-0.05, 0) is 43.6 Å². The lowest BCUT2D eigenvalue weighted by molar-refractivity contribution is -0.137. The van der Waals surface area contributed by atoms with Crippen LogP contribution in [0.1, 0.15) is 24.5 Å². The zero-order valence-corrected chi connectivity index (χ0v) is 9.27. The van der Waals surface area contributed by atoms with Crippen LogP contribution in [-0.4, -0.2) is 13.1 Å². The smallest absolute Gasteiger partial charge is 0.316 e. The van der Waals surface area contributed by atoms with Gasteiger partial charge in [0, 0.05) is 0 Å². The summed E-state index contributed by atoms with van der Waals surface area (Å²) in [6, 6.07) is 5.34. The second-order valence-electron chi connectivity index (χ2n) is 3.69. The molecular formula is C12H16F3N. The lowest BCUT2D eigenvalue weighted by Gasteiger charge is -2.07. The third kappa shape index (κ3) is 4.23. The van der Waals surface area contributed by atoms with Crippen molar-refractivity contribution >= 4 is 0 Å². The first-order valence-electron chi connectivity index (χ1n) is 5.41. The first-order chi connectivity index (χ1) is 7.54. The molecule has 0 atom stereocenters. The van der Waals surface area contributed by atoms with Gasteiger partial charge in [-0.25, -0.2) is 0 Å². The van der Waals surface area contributed by atoms with Crippen LogP contribution in [-0.2, 0) is 12.6 Å². The monoisotopic (exact) mass is 231 g/mol. The summed E-state index contributed by atoms with van der Waals surface area (Å²) in [5.74, 6) is 0. The second-order valence-corrected chi connectivity index (χ2v) is 3.69. The zero-order valence-electron chi connectivity index (χ0n) is 9.27. The first-order valence-corrected chi connectivity index (χ1v) is 5.41. The zero-order chi connectivity index (χ0) is 12.0. The molecule has 0 aliphatic carbocycles. The van der Waals surface area contributed by atoms with Crippen molar-refractivity contribution in [1.82, 2.24) is 5.32 Å². The molecule has 0 unspecified atom stereocenters. The lowest BCUT2D eigenvalue weighted by Crippen LogP contribution is -2.17. The predicted molar refractivity (Wildman–Crippen MR) is 58.3 cm³/mol. The van der Waals surface area contributed by atoms with Gasteiger partial charge in [-0.2, -0.15) is 13.2 Å². The van der Waals surface area contributed by atoms with Crippen LogP contribution in [0.15, 0.2) is 24.3 Å². The van der Waals surface area contributed by atoms with Crippen molar-refractivity contribution in [3.05, 3.63) is 35.4 Å². The van der Waals surface area contributed by atoms with E-state index in [0.29, 0.717) is 0 Å². The summed E-state index contributed by atoms with van der Waals surface area (Å²) < 4.78 is 36.8. The minimum Gasteiger partial charge on any atom is -0.316 e. The maximum Gasteiger partial charge on any atom is 0.416 e. The Morgan fingerprint density at radius 1 is 1.06 bits per heavy atom. The van der Waals surface area contributed by atoms with E-state index in [1.807, 2.05) is 0 Å². The topological polar surface area (TPSA) is 12.0 Å². The fourth-order valence-electron chi connectivity index (χ4n) is 1.39. The van der Waals surface area contributed by atoms with Crippen LogP contribution in [0, 0.1) is 0 Å². The molecule has 1 aromatic rings. The van der Waals surface area contributed by atoms with Crippen molar-refractivity contribution < 1.29 is 13.2 Å². The highest BCUT2D eigenvalue weighted by Gasteiger charge is 2.29. The number of nitrogens with one attached hydrogen (secondary N) is 1. The van der Waals surface area contributed by atoms with Crippen LogP contribution in [0.3, 0.4) is 0 Å². The molecule has 0 heterocycles. The molecule has 0 aliphatic heterocycles. The minimum atomic E-state index is -4.24. The van der Waals surface area contributed by atoms with E-state index in [4.69, 9.17) is 0 Å². The summed E-state index contributed by atoms with van der Waals surface area (Å²) in [5.41, 5.74) is 0.342. The van der Waals surface area contributed by atoms with Crippen LogP contribution in [0.2, 0.25) is 0 Å². The number of hydrogen-bond donors (Lipinski definition) is 1. The Labute approximate surface area is 93.7 Å². The van der Waals surface area contributed by atoms with E-state index in [1.54, 1.807) is 0 Å². The first kappa shape index (κ1) is 13.0. The molecule has 0 bridgehead atoms. The van der Waals surface area contributed by atoms with E-state index >= 15 is 0 Å². The van der Waals surface area contributed by atoms with Gasteiger partial charge < -0.3 is 5.32 Å². The van der Waals surface area contributed by atoms with Gasteiger partial charge in [0.15, 0.2) is 0 Å². The van der Waals surface area contributed by atoms with Crippen molar-refractivity contribution in [2.45, 2.75) is 25.9 Å². The van der Waals surface area contributed by atoms with Crippen LogP contribution < -0.4 is 5.32 Å². The average Bonchev–Trinajstić information content (AvgIpc) is 2.24. The summed E-state index contributed by atoms with van der Waals surface area (Å²) in [5, 5.41) is 3.21. The van der Waals surface area contributed by atoms with Gasteiger partial charge in [-0.3, -0.25) is 0 Å². The number of benzene rings is 1. The van der Waals surface area contributed by atoms with Gasteiger partial charge in [0.2, 0.25) is 0 Å². The third-order valence-electron chi connectivity index (χ3n) is 2.30. The van der Waals surface area contributed by atoms with Crippen molar-refractivity contribution in [1.29, 1.82) is 0 Å². The van der Waals surface area contributed by atoms with E-state index in [9.17, 15) is 13.2 Å². The molecule has 1 aromatic carbocycles. The van der Waals surface area contributed by atoms with Gasteiger partial charge in [-0.1, -0.05) is 19.1 Å². The van der Waals surface area contributed by atoms with Crippen molar-refractivity contribution in [3.8, 4) is 0 Å². The Bertz CT molecular complexity index is 303. The highest BCUT2D eigenvalue weighted by molar-refractivity contribution is 5.24. The van der Waals surface area contributed by atoms with Crippen molar-refractivity contribution in [2.24, 2.45) is 0 Å². The fourth-order valence-corrected chi connectivity index (χ4v) is 1.39. The molecule has 0 amide bonds. The lowest BCUT2D eigenvalue weighted by atomic mass is 10.1. The van der Waals surface area contributed by atoms with Gasteiger partial charge >= 0.3 is 6.18 Å². The normalized spacial score (nSPS) is 11.8. The number of alkyl halides is 3. The molecule has 1 rings (SSSR count). The molecule has 0 saturated carbocycles. The van der Waals surface area contributed by atoms with Crippen LogP contribution in [0.5, 0.6) is 0 Å². The predicted octanol–water partition coefficient (Wildman–Crippen LogP) is 3.25. The van der Waals surface area contributed by atoms with Crippen molar-refractivity contribution in [3.63, 3.8) is 0 Å². The molecule has 0 spiro atoms. The summed E-state index contributed by atoms with van der Waals surface area (Å²) in [7, 11) is 0. The molecule has 1 nitrogen and oxygen atoms in total. The Kier molecular flexibility index (Phi) is 4.80. The van der Waals surface area contributed by atoms with E-state index in [0.717, 1.165) is 43.6 Å². The Hall–Kier alpha value is -1.03. The van der Waals surface area contributed by atoms with E-state index in [2.05, 4.69) is 12.2 Å². The molecule has 4 heteroatoms. The Morgan fingerprint density at radius 3 is 2.19 bits per heavy atom. The van der Waals surface area contributed by atoms with Gasteiger partial charge in [0.05, 0.1) is 5.56 Å². The maximum atomic E-state index is 12.3. The molecule has 0 saturated heterocycles. The molecule has 16 heavy (non-hydrogen) atoms. The Morgan fingerprint density at radius 2 is 1.69 bits per heavy atom. The van der Waals surface area contributed by atoms with Crippen molar-refractivity contribution in [2.75, 3.05) is 13.1 Å². The minimum absolute atomic E-state index is 0.585. The fraction of sp³-hybridized carbons (Fsp3) is 0.500. The molecule has 0 fully saturated rings. The molecule has 90 valence electrons. The van der Waals surface area contributed by atoms with E-state index < -0.39 is 11.7 Å². The summed E-state index contributed by atoms with van der Waals surface area (Å²) in [6.07, 6.45) is -2.41. The average molecular weight is 231 g/mol. The van der Waals surface area contributed by atoms with Crippen LogP contribution >= 0.6 is 0 Å². The highest BCUT2D eigenvalue weighted by atomic mass is 19.4. The van der Waals surface area contributed by atoms with Gasteiger partial charge in [-0.15, -0.1) is 0 Å². The molecule has 0 aromatic heterocycles. The molecule has 0 radical (unpaired) electrons. The largest absolute Gasteiger partial charge is 0.416 e. The van der Waals surface area contributed by atoms with Crippen LogP contribution in [0.25, 0.3) is 0 Å². The maximum absolute atomic E-state index is 12.3. The molecular weight excluding hydrogens is 215 g/mol. The quantitative estimate of drug-likeness (QED) is 0.767. The summed E-state index contributed by atoms with van der Waals surface area (Å²) in [6.45, 7) is 3.82. The number of hydrogen-bond acceptors (Lipinski definition) is 1. The molecule has 0 aliphatic rings. The standard InChI is InChI=1S/C12H16F3N/c1-2-8-16-9-7-10-3-5-11(6-4-10)12(13,14)15/h3-6,16H,2,7-9H2,1H3. The van der Waals surface area contributed by atoms with Gasteiger partial charge in [0.25, 0.3) is 0 Å². The molecule has 1 N–H and O–H groups in total. The Balaban J connectivity index is 2.46. The summed E-state index contributed by atoms with van der Waals surface area (Å²) >= 11 is 0. The highest BCUT2D eigenvalue weighted by Crippen LogP contribution is 2.29. The second kappa shape index (κ2) is 5.89. The van der Waals surface area contributed by atoms with Gasteiger partial charge in [0.1, 0.15) is 0 Å². The summed E-state index contributed by atoms with van der Waals surface area (Å²) in [4.78, 5) is 0. The van der Waals surface area contributed by atoms with E-state index in [-0.39, 0.29) is 0 Å². The number of halogens is 3.